The van der Waals surface area contributed by atoms with Crippen LogP contribution in [0.4, 0.5) is 0 Å². The molecule has 0 spiro atoms. The number of nitrogens with zero attached hydrogens (tertiary/aromatic N) is 1. The Labute approximate surface area is 110 Å². The molecule has 0 amide bonds. The van der Waals surface area contributed by atoms with Crippen molar-refractivity contribution in [2.24, 2.45) is 0 Å². The summed E-state index contributed by atoms with van der Waals surface area (Å²) in [5, 5.41) is 9.38. The molecule has 2 rings (SSSR count). The quantitative estimate of drug-likeness (QED) is 0.860. The fourth-order valence-electron chi connectivity index (χ4n) is 1.75. The minimum atomic E-state index is -0.899. The second-order valence-corrected chi connectivity index (χ2v) is 4.38. The third-order valence-electron chi connectivity index (χ3n) is 2.67. The van der Waals surface area contributed by atoms with E-state index in [0.29, 0.717) is 10.7 Å². The van der Waals surface area contributed by atoms with E-state index < -0.39 is 5.97 Å². The van der Waals surface area contributed by atoms with Crippen molar-refractivity contribution in [2.75, 3.05) is 0 Å². The maximum atomic E-state index is 10.8. The van der Waals surface area contributed by atoms with Crippen LogP contribution in [-0.2, 0) is 12.8 Å². The van der Waals surface area contributed by atoms with Gasteiger partial charge in [-0.25, -0.2) is 9.78 Å². The number of pyridine rings is 1. The van der Waals surface area contributed by atoms with Crippen LogP contribution in [0, 0.1) is 0 Å². The summed E-state index contributed by atoms with van der Waals surface area (Å²) in [6.45, 7) is 0. The lowest BCUT2D eigenvalue weighted by molar-refractivity contribution is 0.0697. The van der Waals surface area contributed by atoms with Gasteiger partial charge in [0.15, 0.2) is 0 Å². The van der Waals surface area contributed by atoms with E-state index in [-0.39, 0.29) is 0 Å². The number of carbonyl (C=O) groups is 1. The van der Waals surface area contributed by atoms with E-state index in [1.54, 1.807) is 24.4 Å². The van der Waals surface area contributed by atoms with Crippen molar-refractivity contribution in [3.8, 4) is 0 Å². The molecule has 0 atom stereocenters. The maximum absolute atomic E-state index is 10.8. The molecular formula is C14H12ClNO2. The SMILES string of the molecule is O=C(O)c1cccc(CCc2ccnc(Cl)c2)c1. The predicted octanol–water partition coefficient (Wildman–Crippen LogP) is 3.22. The van der Waals surface area contributed by atoms with Crippen molar-refractivity contribution in [3.63, 3.8) is 0 Å². The van der Waals surface area contributed by atoms with Gasteiger partial charge in [-0.05, 0) is 48.2 Å². The zero-order valence-electron chi connectivity index (χ0n) is 9.64. The number of aromatic nitrogens is 1. The molecule has 0 saturated carbocycles. The van der Waals surface area contributed by atoms with Crippen LogP contribution in [0.5, 0.6) is 0 Å². The molecule has 0 saturated heterocycles. The lowest BCUT2D eigenvalue weighted by atomic mass is 10.0. The van der Waals surface area contributed by atoms with Gasteiger partial charge in [-0.1, -0.05) is 23.7 Å². The fraction of sp³-hybridized carbons (Fsp3) is 0.143. The Hall–Kier alpha value is -1.87. The average molecular weight is 262 g/mol. The molecule has 4 heteroatoms. The lowest BCUT2D eigenvalue weighted by Gasteiger charge is -2.03. The van der Waals surface area contributed by atoms with E-state index in [9.17, 15) is 4.79 Å². The minimum absolute atomic E-state index is 0.320. The number of halogens is 1. The first-order valence-corrected chi connectivity index (χ1v) is 5.95. The summed E-state index contributed by atoms with van der Waals surface area (Å²) in [5.41, 5.74) is 2.42. The van der Waals surface area contributed by atoms with Gasteiger partial charge in [-0.2, -0.15) is 0 Å². The van der Waals surface area contributed by atoms with Gasteiger partial charge in [0.25, 0.3) is 0 Å². The minimum Gasteiger partial charge on any atom is -0.478 e. The van der Waals surface area contributed by atoms with Gasteiger partial charge < -0.3 is 5.11 Å². The number of hydrogen-bond acceptors (Lipinski definition) is 2. The van der Waals surface area contributed by atoms with E-state index in [1.165, 1.54) is 0 Å². The first kappa shape index (κ1) is 12.6. The van der Waals surface area contributed by atoms with E-state index in [0.717, 1.165) is 24.0 Å². The summed E-state index contributed by atoms with van der Waals surface area (Å²) in [7, 11) is 0. The average Bonchev–Trinajstić information content (AvgIpc) is 2.37. The van der Waals surface area contributed by atoms with Crippen molar-refractivity contribution in [1.29, 1.82) is 0 Å². The zero-order valence-corrected chi connectivity index (χ0v) is 10.4. The molecule has 0 bridgehead atoms. The van der Waals surface area contributed by atoms with E-state index in [4.69, 9.17) is 16.7 Å². The van der Waals surface area contributed by atoms with Crippen molar-refractivity contribution >= 4 is 17.6 Å². The van der Waals surface area contributed by atoms with Gasteiger partial charge >= 0.3 is 5.97 Å². The van der Waals surface area contributed by atoms with Crippen LogP contribution < -0.4 is 0 Å². The van der Waals surface area contributed by atoms with Crippen LogP contribution in [0.25, 0.3) is 0 Å². The molecule has 18 heavy (non-hydrogen) atoms. The molecule has 1 aromatic heterocycles. The maximum Gasteiger partial charge on any atom is 0.335 e. The first-order chi connectivity index (χ1) is 8.65. The lowest BCUT2D eigenvalue weighted by Crippen LogP contribution is -1.98. The molecule has 2 aromatic rings. The van der Waals surface area contributed by atoms with Crippen molar-refractivity contribution in [1.82, 2.24) is 4.98 Å². The van der Waals surface area contributed by atoms with Crippen LogP contribution in [0.3, 0.4) is 0 Å². The standard InChI is InChI=1S/C14H12ClNO2/c15-13-9-11(6-7-16-13)5-4-10-2-1-3-12(8-10)14(17)18/h1-3,6-9H,4-5H2,(H,17,18). The Balaban J connectivity index is 2.06. The Morgan fingerprint density at radius 1 is 1.17 bits per heavy atom. The third-order valence-corrected chi connectivity index (χ3v) is 2.87. The molecule has 3 nitrogen and oxygen atoms in total. The predicted molar refractivity (Wildman–Crippen MR) is 70.1 cm³/mol. The smallest absolute Gasteiger partial charge is 0.335 e. The molecule has 1 N–H and O–H groups in total. The Kier molecular flexibility index (Phi) is 3.95. The number of rotatable bonds is 4. The van der Waals surface area contributed by atoms with E-state index >= 15 is 0 Å². The van der Waals surface area contributed by atoms with Crippen molar-refractivity contribution in [3.05, 3.63) is 64.4 Å². The summed E-state index contributed by atoms with van der Waals surface area (Å²) in [6.07, 6.45) is 3.26. The number of aryl methyl sites for hydroxylation is 2. The first-order valence-electron chi connectivity index (χ1n) is 5.58. The van der Waals surface area contributed by atoms with E-state index in [2.05, 4.69) is 4.98 Å². The Morgan fingerprint density at radius 3 is 2.56 bits per heavy atom. The summed E-state index contributed by atoms with van der Waals surface area (Å²) >= 11 is 5.80. The molecular weight excluding hydrogens is 250 g/mol. The topological polar surface area (TPSA) is 50.2 Å². The Morgan fingerprint density at radius 2 is 1.89 bits per heavy atom. The number of aromatic carboxylic acids is 1. The summed E-state index contributed by atoms with van der Waals surface area (Å²) < 4.78 is 0. The van der Waals surface area contributed by atoms with Gasteiger partial charge in [0.2, 0.25) is 0 Å². The van der Waals surface area contributed by atoms with Crippen molar-refractivity contribution < 1.29 is 9.90 Å². The van der Waals surface area contributed by atoms with Gasteiger partial charge in [0, 0.05) is 6.20 Å². The number of benzene rings is 1. The molecule has 0 radical (unpaired) electrons. The molecule has 92 valence electrons. The highest BCUT2D eigenvalue weighted by atomic mass is 35.5. The van der Waals surface area contributed by atoms with Gasteiger partial charge in [-0.3, -0.25) is 0 Å². The summed E-state index contributed by atoms with van der Waals surface area (Å²) in [5.74, 6) is -0.899. The summed E-state index contributed by atoms with van der Waals surface area (Å²) in [6, 6.07) is 10.7. The molecule has 0 aliphatic rings. The normalized spacial score (nSPS) is 10.3. The highest BCUT2D eigenvalue weighted by molar-refractivity contribution is 6.29. The van der Waals surface area contributed by atoms with Crippen molar-refractivity contribution in [2.45, 2.75) is 12.8 Å². The fourth-order valence-corrected chi connectivity index (χ4v) is 1.94. The Bertz CT molecular complexity index is 569. The van der Waals surface area contributed by atoms with Crippen LogP contribution in [0.2, 0.25) is 5.15 Å². The van der Waals surface area contributed by atoms with Gasteiger partial charge in [0.05, 0.1) is 5.56 Å². The second-order valence-electron chi connectivity index (χ2n) is 3.99. The van der Waals surface area contributed by atoms with Crippen LogP contribution in [0.15, 0.2) is 42.6 Å². The molecule has 0 unspecified atom stereocenters. The van der Waals surface area contributed by atoms with Crippen LogP contribution in [-0.4, -0.2) is 16.1 Å². The number of carboxylic acids is 1. The molecule has 1 aromatic carbocycles. The molecule has 0 aliphatic carbocycles. The molecule has 0 fully saturated rings. The number of hydrogen-bond donors (Lipinski definition) is 1. The summed E-state index contributed by atoms with van der Waals surface area (Å²) in [4.78, 5) is 14.8. The highest BCUT2D eigenvalue weighted by Gasteiger charge is 2.03. The highest BCUT2D eigenvalue weighted by Crippen LogP contribution is 2.12. The van der Waals surface area contributed by atoms with E-state index in [1.807, 2.05) is 18.2 Å². The second kappa shape index (κ2) is 5.65. The molecule has 1 heterocycles. The van der Waals surface area contributed by atoms with Crippen LogP contribution >= 0.6 is 11.6 Å². The third kappa shape index (κ3) is 3.31. The van der Waals surface area contributed by atoms with Gasteiger partial charge in [-0.15, -0.1) is 0 Å². The monoisotopic (exact) mass is 261 g/mol. The molecule has 0 aliphatic heterocycles. The van der Waals surface area contributed by atoms with Gasteiger partial charge in [0.1, 0.15) is 5.15 Å². The number of carboxylic acid groups (broad SMARTS) is 1. The van der Waals surface area contributed by atoms with Crippen LogP contribution in [0.1, 0.15) is 21.5 Å². The largest absolute Gasteiger partial charge is 0.478 e. The zero-order chi connectivity index (χ0) is 13.0.